The molecule has 38 heavy (non-hydrogen) atoms. The van der Waals surface area contributed by atoms with Gasteiger partial charge in [0.2, 0.25) is 5.91 Å². The number of thiophene rings is 1. The van der Waals surface area contributed by atoms with Gasteiger partial charge in [-0.2, -0.15) is 0 Å². The van der Waals surface area contributed by atoms with Crippen LogP contribution in [0.2, 0.25) is 0 Å². The van der Waals surface area contributed by atoms with Gasteiger partial charge < -0.3 is 21.7 Å². The van der Waals surface area contributed by atoms with E-state index in [1.54, 1.807) is 36.8 Å². The molecule has 0 saturated carbocycles. The molecule has 5 aromatic rings. The fraction of sp³-hybridized carbons (Fsp3) is 0.0345. The second-order valence-electron chi connectivity index (χ2n) is 8.54. The number of benzene rings is 2. The molecular weight excluding hydrogens is 496 g/mol. The summed E-state index contributed by atoms with van der Waals surface area (Å²) < 4.78 is 0.928. The van der Waals surface area contributed by atoms with Gasteiger partial charge in [-0.3, -0.25) is 9.78 Å². The van der Waals surface area contributed by atoms with E-state index in [1.807, 2.05) is 60.8 Å². The molecule has 2 aromatic carbocycles. The summed E-state index contributed by atoms with van der Waals surface area (Å²) in [5.74, 6) is 0.141. The molecule has 3 heterocycles. The Kier molecular flexibility index (Phi) is 7.10. The van der Waals surface area contributed by atoms with Crippen molar-refractivity contribution in [1.29, 1.82) is 0 Å². The summed E-state index contributed by atoms with van der Waals surface area (Å²) in [4.78, 5) is 33.1. The smallest absolute Gasteiger partial charge is 0.323 e. The summed E-state index contributed by atoms with van der Waals surface area (Å²) in [6, 6.07) is 18.3. The monoisotopic (exact) mass is 520 g/mol. The van der Waals surface area contributed by atoms with Crippen LogP contribution in [0.5, 0.6) is 0 Å². The van der Waals surface area contributed by atoms with Crippen molar-refractivity contribution in [2.24, 2.45) is 0 Å². The highest BCUT2D eigenvalue weighted by Gasteiger charge is 2.14. The van der Waals surface area contributed by atoms with Crippen LogP contribution in [0.25, 0.3) is 27.3 Å². The maximum atomic E-state index is 12.4. The molecule has 0 spiro atoms. The number of amides is 3. The van der Waals surface area contributed by atoms with Crippen LogP contribution < -0.4 is 21.7 Å². The number of fused-ring (bicyclic) bond motifs is 1. The Balaban J connectivity index is 1.32. The minimum Gasteiger partial charge on any atom is -0.383 e. The van der Waals surface area contributed by atoms with Crippen LogP contribution in [0.1, 0.15) is 11.1 Å². The van der Waals surface area contributed by atoms with Crippen molar-refractivity contribution in [2.75, 3.05) is 21.7 Å². The number of aromatic nitrogens is 2. The average Bonchev–Trinajstić information content (AvgIpc) is 3.36. The predicted molar refractivity (Wildman–Crippen MR) is 155 cm³/mol. The molecule has 5 N–H and O–H groups in total. The van der Waals surface area contributed by atoms with Gasteiger partial charge in [-0.05, 0) is 65.9 Å². The number of carbonyl (C=O) groups excluding carboxylic acids is 2. The number of aryl methyl sites for hydroxylation is 1. The Morgan fingerprint density at radius 1 is 0.921 bits per heavy atom. The standard InChI is InChI=1S/C29H24N6O2S/c1-18-4-2-5-22(14-18)35-29(37)34-21-10-7-19(8-11-21)24-17-38-27-20(15-32-28(30)26(24)27)9-12-25(36)33-23-6-3-13-31-16-23/h2-17H,1H3,(H2,30,32)(H,33,36)(H2,34,35,37)/b12-9+. The van der Waals surface area contributed by atoms with Crippen molar-refractivity contribution >= 4 is 62.3 Å². The van der Waals surface area contributed by atoms with Crippen molar-refractivity contribution < 1.29 is 9.59 Å². The van der Waals surface area contributed by atoms with Crippen molar-refractivity contribution in [2.45, 2.75) is 6.92 Å². The molecule has 0 unspecified atom stereocenters. The Morgan fingerprint density at radius 2 is 1.71 bits per heavy atom. The van der Waals surface area contributed by atoms with Crippen LogP contribution in [0.4, 0.5) is 27.7 Å². The number of hydrogen-bond donors (Lipinski definition) is 4. The zero-order valence-electron chi connectivity index (χ0n) is 20.4. The lowest BCUT2D eigenvalue weighted by atomic mass is 10.0. The van der Waals surface area contributed by atoms with Crippen molar-refractivity contribution in [3.8, 4) is 11.1 Å². The third-order valence-electron chi connectivity index (χ3n) is 5.73. The molecule has 0 radical (unpaired) electrons. The maximum absolute atomic E-state index is 12.4. The summed E-state index contributed by atoms with van der Waals surface area (Å²) in [5.41, 5.74) is 12.0. The molecule has 0 saturated heterocycles. The van der Waals surface area contributed by atoms with E-state index in [4.69, 9.17) is 5.73 Å². The first-order valence-corrected chi connectivity index (χ1v) is 12.6. The summed E-state index contributed by atoms with van der Waals surface area (Å²) in [5, 5.41) is 11.3. The third kappa shape index (κ3) is 5.69. The lowest BCUT2D eigenvalue weighted by Crippen LogP contribution is -2.19. The molecule has 0 bridgehead atoms. The molecule has 5 rings (SSSR count). The third-order valence-corrected chi connectivity index (χ3v) is 6.75. The van der Waals surface area contributed by atoms with E-state index in [0.717, 1.165) is 38.0 Å². The lowest BCUT2D eigenvalue weighted by Gasteiger charge is -2.09. The van der Waals surface area contributed by atoms with Crippen molar-refractivity contribution in [3.05, 3.63) is 102 Å². The molecule has 0 fully saturated rings. The normalized spacial score (nSPS) is 11.0. The largest absolute Gasteiger partial charge is 0.383 e. The summed E-state index contributed by atoms with van der Waals surface area (Å²) in [6.07, 6.45) is 8.06. The minimum absolute atomic E-state index is 0.269. The summed E-state index contributed by atoms with van der Waals surface area (Å²) in [7, 11) is 0. The maximum Gasteiger partial charge on any atom is 0.323 e. The number of nitrogens with zero attached hydrogens (tertiary/aromatic N) is 2. The van der Waals surface area contributed by atoms with E-state index in [-0.39, 0.29) is 11.9 Å². The highest BCUT2D eigenvalue weighted by molar-refractivity contribution is 7.18. The number of hydrogen-bond acceptors (Lipinski definition) is 6. The minimum atomic E-state index is -0.318. The first kappa shape index (κ1) is 24.7. The van der Waals surface area contributed by atoms with Crippen molar-refractivity contribution in [1.82, 2.24) is 9.97 Å². The quantitative estimate of drug-likeness (QED) is 0.189. The van der Waals surface area contributed by atoms with Gasteiger partial charge in [0.05, 0.1) is 11.9 Å². The molecule has 188 valence electrons. The predicted octanol–water partition coefficient (Wildman–Crippen LogP) is 6.54. The average molecular weight is 521 g/mol. The van der Waals surface area contributed by atoms with Gasteiger partial charge in [0, 0.05) is 51.1 Å². The van der Waals surface area contributed by atoms with Gasteiger partial charge in [-0.1, -0.05) is 24.3 Å². The van der Waals surface area contributed by atoms with E-state index >= 15 is 0 Å². The Bertz CT molecular complexity index is 1650. The van der Waals surface area contributed by atoms with Gasteiger partial charge in [0.25, 0.3) is 0 Å². The number of pyridine rings is 2. The van der Waals surface area contributed by atoms with Gasteiger partial charge >= 0.3 is 6.03 Å². The molecule has 9 heteroatoms. The highest BCUT2D eigenvalue weighted by atomic mass is 32.1. The summed E-state index contributed by atoms with van der Waals surface area (Å²) >= 11 is 1.53. The van der Waals surface area contributed by atoms with Gasteiger partial charge in [0.15, 0.2) is 0 Å². The number of rotatable bonds is 6. The Morgan fingerprint density at radius 3 is 2.47 bits per heavy atom. The fourth-order valence-corrected chi connectivity index (χ4v) is 5.03. The lowest BCUT2D eigenvalue weighted by molar-refractivity contribution is -0.111. The van der Waals surface area contributed by atoms with Crippen LogP contribution in [-0.2, 0) is 4.79 Å². The van der Waals surface area contributed by atoms with E-state index in [9.17, 15) is 9.59 Å². The number of carbonyl (C=O) groups is 2. The van der Waals surface area contributed by atoms with E-state index in [2.05, 4.69) is 25.9 Å². The first-order chi connectivity index (χ1) is 18.5. The number of nitrogens with one attached hydrogen (secondary N) is 3. The van der Waals surface area contributed by atoms with Crippen LogP contribution in [0.15, 0.2) is 90.7 Å². The van der Waals surface area contributed by atoms with E-state index < -0.39 is 0 Å². The summed E-state index contributed by atoms with van der Waals surface area (Å²) in [6.45, 7) is 1.97. The number of nitrogens with two attached hydrogens (primary N) is 1. The van der Waals surface area contributed by atoms with Gasteiger partial charge in [-0.25, -0.2) is 9.78 Å². The Labute approximate surface area is 223 Å². The van der Waals surface area contributed by atoms with E-state index in [0.29, 0.717) is 17.2 Å². The van der Waals surface area contributed by atoms with Crippen LogP contribution in [0, 0.1) is 6.92 Å². The van der Waals surface area contributed by atoms with Crippen molar-refractivity contribution in [3.63, 3.8) is 0 Å². The number of anilines is 4. The molecule has 3 aromatic heterocycles. The molecule has 8 nitrogen and oxygen atoms in total. The second-order valence-corrected chi connectivity index (χ2v) is 9.42. The topological polar surface area (TPSA) is 122 Å². The van der Waals surface area contributed by atoms with Gasteiger partial charge in [-0.15, -0.1) is 11.3 Å². The van der Waals surface area contributed by atoms with Crippen LogP contribution in [-0.4, -0.2) is 21.9 Å². The molecule has 0 aliphatic rings. The zero-order chi connectivity index (χ0) is 26.5. The number of urea groups is 1. The second kappa shape index (κ2) is 10.9. The molecule has 3 amide bonds. The molecular formula is C29H24N6O2S. The van der Waals surface area contributed by atoms with Gasteiger partial charge in [0.1, 0.15) is 5.82 Å². The fourth-order valence-electron chi connectivity index (χ4n) is 3.95. The molecule has 0 aliphatic carbocycles. The van der Waals surface area contributed by atoms with E-state index in [1.165, 1.54) is 17.4 Å². The van der Waals surface area contributed by atoms with Crippen LogP contribution in [0.3, 0.4) is 0 Å². The van der Waals surface area contributed by atoms with Crippen LogP contribution >= 0.6 is 11.3 Å². The molecule has 0 atom stereocenters. The number of nitrogen functional groups attached to an aromatic ring is 1. The SMILES string of the molecule is Cc1cccc(NC(=O)Nc2ccc(-c3csc4c(/C=C/C(=O)Nc5cccnc5)cnc(N)c34)cc2)c1. The highest BCUT2D eigenvalue weighted by Crippen LogP contribution is 2.39. The molecule has 0 aliphatic heterocycles. The zero-order valence-corrected chi connectivity index (χ0v) is 21.3. The Hall–Kier alpha value is -5.02. The first-order valence-electron chi connectivity index (χ1n) is 11.8.